The third-order valence-electron chi connectivity index (χ3n) is 6.22. The molecule has 27 heavy (non-hydrogen) atoms. The molecule has 2 aromatic rings. The highest BCUT2D eigenvalue weighted by Crippen LogP contribution is 2.26. The highest BCUT2D eigenvalue weighted by molar-refractivity contribution is 5.87. The van der Waals surface area contributed by atoms with Crippen molar-refractivity contribution in [3.05, 3.63) is 48.0 Å². The van der Waals surface area contributed by atoms with Crippen molar-refractivity contribution in [3.8, 4) is 0 Å². The summed E-state index contributed by atoms with van der Waals surface area (Å²) < 4.78 is 0. The van der Waals surface area contributed by atoms with Gasteiger partial charge in [0, 0.05) is 19.1 Å². The molecule has 4 nitrogen and oxygen atoms in total. The maximum absolute atomic E-state index is 13.0. The maximum atomic E-state index is 13.0. The van der Waals surface area contributed by atoms with Gasteiger partial charge in [-0.1, -0.05) is 56.3 Å². The molecule has 1 amide bonds. The van der Waals surface area contributed by atoms with Gasteiger partial charge in [-0.05, 0) is 47.9 Å². The molecule has 2 aromatic carbocycles. The van der Waals surface area contributed by atoms with Crippen LogP contribution in [0, 0.1) is 17.8 Å². The Bertz CT molecular complexity index is 805. The van der Waals surface area contributed by atoms with Crippen LogP contribution in [-0.2, 0) is 11.2 Å². The highest BCUT2D eigenvalue weighted by atomic mass is 16.2. The van der Waals surface area contributed by atoms with Crippen LogP contribution in [0.25, 0.3) is 10.8 Å². The predicted molar refractivity (Wildman–Crippen MR) is 110 cm³/mol. The van der Waals surface area contributed by atoms with Crippen LogP contribution in [0.3, 0.4) is 0 Å². The molecular weight excluding hydrogens is 334 g/mol. The van der Waals surface area contributed by atoms with E-state index in [2.05, 4.69) is 78.8 Å². The van der Waals surface area contributed by atoms with Crippen LogP contribution in [0.5, 0.6) is 0 Å². The number of carbonyl (C=O) groups excluding carboxylic acids is 1. The van der Waals surface area contributed by atoms with Crippen molar-refractivity contribution in [3.63, 3.8) is 0 Å². The molecule has 0 saturated carbocycles. The van der Waals surface area contributed by atoms with E-state index in [1.807, 2.05) is 0 Å². The lowest BCUT2D eigenvalue weighted by molar-refractivity contribution is -0.133. The highest BCUT2D eigenvalue weighted by Gasteiger charge is 2.37. The Morgan fingerprint density at radius 1 is 1.00 bits per heavy atom. The van der Waals surface area contributed by atoms with Gasteiger partial charge in [-0.25, -0.2) is 0 Å². The summed E-state index contributed by atoms with van der Waals surface area (Å²) in [5, 5.41) is 9.41. The lowest BCUT2D eigenvalue weighted by Gasteiger charge is -2.45. The molecule has 2 fully saturated rings. The molecule has 4 heteroatoms. The van der Waals surface area contributed by atoms with Crippen molar-refractivity contribution in [2.45, 2.75) is 45.9 Å². The summed E-state index contributed by atoms with van der Waals surface area (Å²) in [6.45, 7) is 8.85. The molecule has 2 heterocycles. The smallest absolute Gasteiger partial charge is 0.227 e. The van der Waals surface area contributed by atoms with Gasteiger partial charge >= 0.3 is 0 Å². The number of nitrogens with one attached hydrogen (secondary N) is 2. The summed E-state index contributed by atoms with van der Waals surface area (Å²) >= 11 is 0. The summed E-state index contributed by atoms with van der Waals surface area (Å²) in [5.41, 5.74) is 1.25. The van der Waals surface area contributed by atoms with Gasteiger partial charge in [-0.3, -0.25) is 15.0 Å². The van der Waals surface area contributed by atoms with Gasteiger partial charge in [-0.2, -0.15) is 0 Å². The molecule has 2 saturated heterocycles. The minimum absolute atomic E-state index is 0.0403. The molecule has 4 rings (SSSR count). The fraction of sp³-hybridized carbons (Fsp3) is 0.522. The van der Waals surface area contributed by atoms with Crippen molar-refractivity contribution in [1.29, 1.82) is 0 Å². The van der Waals surface area contributed by atoms with E-state index in [-0.39, 0.29) is 24.2 Å². The zero-order chi connectivity index (χ0) is 19.0. The number of carbonyl (C=O) groups is 1. The van der Waals surface area contributed by atoms with Gasteiger partial charge in [-0.15, -0.1) is 0 Å². The Morgan fingerprint density at radius 3 is 2.44 bits per heavy atom. The van der Waals surface area contributed by atoms with E-state index < -0.39 is 0 Å². The zero-order valence-electron chi connectivity index (χ0n) is 16.6. The van der Waals surface area contributed by atoms with Gasteiger partial charge < -0.3 is 5.32 Å². The second kappa shape index (κ2) is 7.61. The van der Waals surface area contributed by atoms with Crippen LogP contribution < -0.4 is 10.6 Å². The van der Waals surface area contributed by atoms with Crippen molar-refractivity contribution >= 4 is 16.7 Å². The van der Waals surface area contributed by atoms with Gasteiger partial charge in [0.25, 0.3) is 0 Å². The number of likely N-dealkylation sites (tertiary alicyclic amines) is 1. The molecule has 2 aliphatic heterocycles. The monoisotopic (exact) mass is 365 g/mol. The lowest BCUT2D eigenvalue weighted by Crippen LogP contribution is -2.68. The van der Waals surface area contributed by atoms with Gasteiger partial charge in [0.1, 0.15) is 6.29 Å². The van der Waals surface area contributed by atoms with Crippen LogP contribution in [0.2, 0.25) is 0 Å². The largest absolute Gasteiger partial charge is 0.328 e. The Labute approximate surface area is 162 Å². The lowest BCUT2D eigenvalue weighted by atomic mass is 9.88. The van der Waals surface area contributed by atoms with Crippen LogP contribution in [0.15, 0.2) is 42.5 Å². The minimum Gasteiger partial charge on any atom is -0.328 e. The third kappa shape index (κ3) is 3.87. The van der Waals surface area contributed by atoms with Crippen molar-refractivity contribution in [2.75, 3.05) is 13.1 Å². The quantitative estimate of drug-likeness (QED) is 0.877. The fourth-order valence-electron chi connectivity index (χ4n) is 4.97. The second-order valence-corrected chi connectivity index (χ2v) is 8.72. The average molecular weight is 366 g/mol. The van der Waals surface area contributed by atoms with E-state index in [4.69, 9.17) is 0 Å². The van der Waals surface area contributed by atoms with E-state index in [1.165, 1.54) is 22.8 Å². The van der Waals surface area contributed by atoms with E-state index in [0.717, 1.165) is 19.5 Å². The molecule has 0 aromatic heterocycles. The SMILES string of the molecule is CC1CC(C)CN(C2NC(=O)C(Cc3cccc4ccccc34)C(C)N2)C1. The standard InChI is InChI=1S/C23H31N3O/c1-15-11-16(2)14-26(13-15)23-24-17(3)21(22(27)25-23)12-19-9-6-8-18-7-4-5-10-20(18)19/h4-10,15-17,21,23-24H,11-14H2,1-3H3,(H,25,27). The normalized spacial score (nSPS) is 32.4. The number of nitrogens with zero attached hydrogens (tertiary/aromatic N) is 1. The molecule has 0 bridgehead atoms. The zero-order valence-corrected chi connectivity index (χ0v) is 16.6. The Morgan fingerprint density at radius 2 is 1.70 bits per heavy atom. The number of benzene rings is 2. The first-order chi connectivity index (χ1) is 13.0. The van der Waals surface area contributed by atoms with E-state index in [0.29, 0.717) is 11.8 Å². The summed E-state index contributed by atoms with van der Waals surface area (Å²) in [4.78, 5) is 15.4. The van der Waals surface area contributed by atoms with E-state index in [9.17, 15) is 4.79 Å². The van der Waals surface area contributed by atoms with E-state index in [1.54, 1.807) is 0 Å². The molecule has 2 N–H and O–H groups in total. The topological polar surface area (TPSA) is 44.4 Å². The van der Waals surface area contributed by atoms with Crippen molar-refractivity contribution < 1.29 is 4.79 Å². The molecular formula is C23H31N3O. The molecule has 0 radical (unpaired) electrons. The molecule has 144 valence electrons. The number of piperidine rings is 1. The van der Waals surface area contributed by atoms with Crippen molar-refractivity contribution in [2.24, 2.45) is 17.8 Å². The molecule has 2 aliphatic rings. The fourth-order valence-corrected chi connectivity index (χ4v) is 4.97. The summed E-state index contributed by atoms with van der Waals surface area (Å²) in [7, 11) is 0. The maximum Gasteiger partial charge on any atom is 0.227 e. The van der Waals surface area contributed by atoms with Crippen LogP contribution in [0.1, 0.15) is 32.8 Å². The first-order valence-electron chi connectivity index (χ1n) is 10.3. The molecule has 0 aliphatic carbocycles. The van der Waals surface area contributed by atoms with Crippen molar-refractivity contribution in [1.82, 2.24) is 15.5 Å². The predicted octanol–water partition coefficient (Wildman–Crippen LogP) is 3.37. The molecule has 5 unspecified atom stereocenters. The number of hydrogen-bond donors (Lipinski definition) is 2. The minimum atomic E-state index is -0.0494. The van der Waals surface area contributed by atoms with Crippen LogP contribution in [-0.4, -0.2) is 36.2 Å². The number of amides is 1. The average Bonchev–Trinajstić information content (AvgIpc) is 2.64. The van der Waals surface area contributed by atoms with E-state index >= 15 is 0 Å². The van der Waals surface area contributed by atoms with Crippen LogP contribution in [0.4, 0.5) is 0 Å². The summed E-state index contributed by atoms with van der Waals surface area (Å²) in [6.07, 6.45) is 2.00. The van der Waals surface area contributed by atoms with Crippen LogP contribution >= 0.6 is 0 Å². The Balaban J connectivity index is 1.49. The van der Waals surface area contributed by atoms with Gasteiger partial charge in [0.2, 0.25) is 5.91 Å². The molecule has 0 spiro atoms. The Kier molecular flexibility index (Phi) is 5.20. The Hall–Kier alpha value is -1.91. The van der Waals surface area contributed by atoms with Gasteiger partial charge in [0.05, 0.1) is 5.92 Å². The first-order valence-corrected chi connectivity index (χ1v) is 10.3. The number of hydrogen-bond acceptors (Lipinski definition) is 3. The first kappa shape index (κ1) is 18.5. The number of rotatable bonds is 3. The molecule has 5 atom stereocenters. The summed E-state index contributed by atoms with van der Waals surface area (Å²) in [6, 6.07) is 15.0. The van der Waals surface area contributed by atoms with Gasteiger partial charge in [0.15, 0.2) is 0 Å². The summed E-state index contributed by atoms with van der Waals surface area (Å²) in [5.74, 6) is 1.48. The number of fused-ring (bicyclic) bond motifs is 1. The third-order valence-corrected chi connectivity index (χ3v) is 6.22. The second-order valence-electron chi connectivity index (χ2n) is 8.72.